The van der Waals surface area contributed by atoms with E-state index in [4.69, 9.17) is 10.2 Å². The van der Waals surface area contributed by atoms with E-state index in [0.29, 0.717) is 48.5 Å². The first-order valence-corrected chi connectivity index (χ1v) is 7.31. The van der Waals surface area contributed by atoms with E-state index in [1.54, 1.807) is 19.9 Å². The summed E-state index contributed by atoms with van der Waals surface area (Å²) >= 11 is 0. The second-order valence-electron chi connectivity index (χ2n) is 4.98. The van der Waals surface area contributed by atoms with Crippen molar-refractivity contribution in [3.63, 3.8) is 0 Å². The molecule has 0 saturated carbocycles. The highest BCUT2D eigenvalue weighted by Gasteiger charge is 2.12. The minimum Gasteiger partial charge on any atom is -0.507 e. The van der Waals surface area contributed by atoms with Gasteiger partial charge in [-0.3, -0.25) is 9.98 Å². The monoisotopic (exact) mass is 308 g/mol. The average Bonchev–Trinajstić information content (AvgIpc) is 2.47. The zero-order valence-corrected chi connectivity index (χ0v) is 13.1. The van der Waals surface area contributed by atoms with Crippen molar-refractivity contribution >= 4 is 11.4 Å². The van der Waals surface area contributed by atoms with Crippen LogP contribution >= 0.6 is 0 Å². The first-order valence-electron chi connectivity index (χ1n) is 7.31. The molecule has 0 aliphatic heterocycles. The number of aliphatic hydroxyl groups excluding tert-OH is 2. The second kappa shape index (κ2) is 9.17. The molecule has 1 rings (SSSR count). The number of aliphatic imine (C=N–C) groups is 2. The van der Waals surface area contributed by atoms with Crippen molar-refractivity contribution in [1.82, 2.24) is 0 Å². The van der Waals surface area contributed by atoms with Gasteiger partial charge in [0.25, 0.3) is 0 Å². The number of phenols is 2. The molecule has 0 fully saturated rings. The van der Waals surface area contributed by atoms with Crippen LogP contribution in [0.1, 0.15) is 37.8 Å². The third kappa shape index (κ3) is 5.13. The summed E-state index contributed by atoms with van der Waals surface area (Å²) in [5.74, 6) is -0.0932. The molecular weight excluding hydrogens is 284 g/mol. The summed E-state index contributed by atoms with van der Waals surface area (Å²) in [6.45, 7) is 4.63. The van der Waals surface area contributed by atoms with Gasteiger partial charge in [0, 0.05) is 54.9 Å². The summed E-state index contributed by atoms with van der Waals surface area (Å²) in [4.78, 5) is 8.59. The van der Waals surface area contributed by atoms with Crippen LogP contribution in [0.25, 0.3) is 0 Å². The van der Waals surface area contributed by atoms with Crippen LogP contribution in [-0.2, 0) is 0 Å². The largest absolute Gasteiger partial charge is 0.507 e. The Morgan fingerprint density at radius 2 is 1.23 bits per heavy atom. The third-order valence-corrected chi connectivity index (χ3v) is 3.22. The van der Waals surface area contributed by atoms with Crippen molar-refractivity contribution in [2.24, 2.45) is 9.98 Å². The third-order valence-electron chi connectivity index (χ3n) is 3.22. The molecule has 0 atom stereocenters. The molecule has 0 amide bonds. The molecule has 0 aromatic heterocycles. The summed E-state index contributed by atoms with van der Waals surface area (Å²) in [6, 6.07) is 2.93. The Hall–Kier alpha value is -1.92. The Labute approximate surface area is 130 Å². The predicted octanol–water partition coefficient (Wildman–Crippen LogP) is 1.48. The van der Waals surface area contributed by atoms with Crippen LogP contribution in [0.15, 0.2) is 22.1 Å². The standard InChI is InChI=1S/C16H24N2O4/c1-11(17-5-3-7-19)13-9-14(16(22)10-15(13)21)12(2)18-6-4-8-20/h9-10,19-22H,3-8H2,1-2H3. The molecule has 0 aliphatic rings. The van der Waals surface area contributed by atoms with Gasteiger partial charge in [0.05, 0.1) is 0 Å². The molecule has 6 heteroatoms. The number of hydrogen-bond donors (Lipinski definition) is 4. The lowest BCUT2D eigenvalue weighted by atomic mass is 10.0. The Bertz CT molecular complexity index is 508. The molecule has 6 nitrogen and oxygen atoms in total. The summed E-state index contributed by atoms with van der Waals surface area (Å²) < 4.78 is 0. The van der Waals surface area contributed by atoms with Crippen LogP contribution in [0.3, 0.4) is 0 Å². The number of phenolic OH excluding ortho intramolecular Hbond substituents is 2. The maximum absolute atomic E-state index is 9.98. The van der Waals surface area contributed by atoms with E-state index in [-0.39, 0.29) is 24.7 Å². The Balaban J connectivity index is 3.08. The summed E-state index contributed by atoms with van der Waals surface area (Å²) in [7, 11) is 0. The number of aromatic hydroxyl groups is 2. The molecule has 0 aliphatic carbocycles. The van der Waals surface area contributed by atoms with Crippen molar-refractivity contribution in [2.75, 3.05) is 26.3 Å². The van der Waals surface area contributed by atoms with E-state index in [2.05, 4.69) is 9.98 Å². The highest BCUT2D eigenvalue weighted by atomic mass is 16.3. The summed E-state index contributed by atoms with van der Waals surface area (Å²) in [5, 5.41) is 37.5. The van der Waals surface area contributed by atoms with Crippen LogP contribution in [0.2, 0.25) is 0 Å². The summed E-state index contributed by atoms with van der Waals surface area (Å²) in [5.41, 5.74) is 2.33. The van der Waals surface area contributed by atoms with Gasteiger partial charge in [0.15, 0.2) is 0 Å². The maximum Gasteiger partial charge on any atom is 0.128 e. The smallest absolute Gasteiger partial charge is 0.128 e. The lowest BCUT2D eigenvalue weighted by molar-refractivity contribution is 0.291. The van der Waals surface area contributed by atoms with Gasteiger partial charge >= 0.3 is 0 Å². The minimum atomic E-state index is -0.0466. The second-order valence-corrected chi connectivity index (χ2v) is 4.98. The number of benzene rings is 1. The van der Waals surface area contributed by atoms with Gasteiger partial charge in [0.2, 0.25) is 0 Å². The quantitative estimate of drug-likeness (QED) is 0.431. The molecule has 1 aromatic carbocycles. The lowest BCUT2D eigenvalue weighted by Crippen LogP contribution is -2.03. The fourth-order valence-corrected chi connectivity index (χ4v) is 1.96. The van der Waals surface area contributed by atoms with Gasteiger partial charge in [-0.1, -0.05) is 0 Å². The van der Waals surface area contributed by atoms with E-state index in [1.807, 2.05) is 0 Å². The van der Waals surface area contributed by atoms with Crippen molar-refractivity contribution in [3.05, 3.63) is 23.3 Å². The van der Waals surface area contributed by atoms with Crippen molar-refractivity contribution in [1.29, 1.82) is 0 Å². The zero-order chi connectivity index (χ0) is 16.5. The molecule has 0 bridgehead atoms. The molecule has 22 heavy (non-hydrogen) atoms. The van der Waals surface area contributed by atoms with Crippen molar-refractivity contribution in [2.45, 2.75) is 26.7 Å². The maximum atomic E-state index is 9.98. The van der Waals surface area contributed by atoms with E-state index in [9.17, 15) is 10.2 Å². The van der Waals surface area contributed by atoms with Crippen LogP contribution in [-0.4, -0.2) is 58.2 Å². The minimum absolute atomic E-state index is 0.0466. The SMILES string of the molecule is CC(=NCCCO)c1cc(C(C)=NCCCO)c(O)cc1O. The molecule has 0 unspecified atom stereocenters. The highest BCUT2D eigenvalue weighted by Crippen LogP contribution is 2.28. The fourth-order valence-electron chi connectivity index (χ4n) is 1.96. The van der Waals surface area contributed by atoms with Crippen LogP contribution < -0.4 is 0 Å². The number of rotatable bonds is 8. The molecule has 1 aromatic rings. The first-order chi connectivity index (χ1) is 10.5. The fraction of sp³-hybridized carbons (Fsp3) is 0.500. The van der Waals surface area contributed by atoms with Crippen molar-refractivity contribution < 1.29 is 20.4 Å². The topological polar surface area (TPSA) is 106 Å². The van der Waals surface area contributed by atoms with Crippen LogP contribution in [0, 0.1) is 0 Å². The van der Waals surface area contributed by atoms with Crippen LogP contribution in [0.5, 0.6) is 11.5 Å². The lowest BCUT2D eigenvalue weighted by Gasteiger charge is -2.10. The van der Waals surface area contributed by atoms with Gasteiger partial charge in [-0.2, -0.15) is 0 Å². The predicted molar refractivity (Wildman–Crippen MR) is 87.3 cm³/mol. The Morgan fingerprint density at radius 3 is 1.59 bits per heavy atom. The van der Waals surface area contributed by atoms with E-state index in [1.165, 1.54) is 6.07 Å². The van der Waals surface area contributed by atoms with E-state index < -0.39 is 0 Å². The van der Waals surface area contributed by atoms with E-state index in [0.717, 1.165) is 0 Å². The first kappa shape index (κ1) is 18.1. The number of aliphatic hydroxyl groups is 2. The number of nitrogens with zero attached hydrogens (tertiary/aromatic N) is 2. The van der Waals surface area contributed by atoms with Gasteiger partial charge < -0.3 is 20.4 Å². The molecular formula is C16H24N2O4. The molecule has 122 valence electrons. The van der Waals surface area contributed by atoms with Gasteiger partial charge in [0.1, 0.15) is 11.5 Å². The molecule has 0 radical (unpaired) electrons. The average molecular weight is 308 g/mol. The zero-order valence-electron chi connectivity index (χ0n) is 13.1. The Morgan fingerprint density at radius 1 is 0.818 bits per heavy atom. The van der Waals surface area contributed by atoms with Gasteiger partial charge in [-0.15, -0.1) is 0 Å². The normalized spacial score (nSPS) is 12.7. The summed E-state index contributed by atoms with van der Waals surface area (Å²) in [6.07, 6.45) is 1.12. The molecule has 0 saturated heterocycles. The van der Waals surface area contributed by atoms with E-state index >= 15 is 0 Å². The highest BCUT2D eigenvalue weighted by molar-refractivity contribution is 6.06. The molecule has 4 N–H and O–H groups in total. The molecule has 0 heterocycles. The molecule has 0 spiro atoms. The Kier molecular flexibility index (Phi) is 7.56. The van der Waals surface area contributed by atoms with Crippen LogP contribution in [0.4, 0.5) is 0 Å². The van der Waals surface area contributed by atoms with Gasteiger partial charge in [-0.25, -0.2) is 0 Å². The number of hydrogen-bond acceptors (Lipinski definition) is 6. The van der Waals surface area contributed by atoms with Crippen molar-refractivity contribution in [3.8, 4) is 11.5 Å². The van der Waals surface area contributed by atoms with Gasteiger partial charge in [-0.05, 0) is 32.8 Å².